The topological polar surface area (TPSA) is 144 Å². The van der Waals surface area contributed by atoms with Gasteiger partial charge in [0.1, 0.15) is 4.60 Å². The van der Waals surface area contributed by atoms with Gasteiger partial charge in [0.15, 0.2) is 5.65 Å². The van der Waals surface area contributed by atoms with Crippen LogP contribution in [0.2, 0.25) is 0 Å². The fraction of sp³-hybridized carbons (Fsp3) is 0.375. The average molecular weight is 588 g/mol. The zero-order valence-electron chi connectivity index (χ0n) is 20.6. The number of sulfonamides is 1. The van der Waals surface area contributed by atoms with Crippen LogP contribution in [0.15, 0.2) is 41.3 Å². The molecular weight excluding hydrogens is 560 g/mol. The van der Waals surface area contributed by atoms with E-state index in [0.29, 0.717) is 39.4 Å². The molecule has 1 aliphatic rings. The molecule has 13 heteroatoms. The van der Waals surface area contributed by atoms with Crippen molar-refractivity contribution in [3.8, 4) is 5.69 Å². The standard InChI is InChI=1S/C24H27BrN8O3S/c1-24(22(34)26-2)7-6-16(11-24)30-23-28-13-18-20(25)32-33(21(18)31-23)17-9-14-5-4-8-27-19(14)15(10-17)12-29-37(3,35)36/h4-5,8-10,13,16,29H,6-7,11-12H2,1-3H3,(H,26,34)(H,28,30,31)/t16-,24-/m1/s1. The number of carbonyl (C=O) groups excluding carboxylic acids is 1. The Kier molecular flexibility index (Phi) is 6.62. The maximum Gasteiger partial charge on any atom is 0.225 e. The molecule has 194 valence electrons. The van der Waals surface area contributed by atoms with Gasteiger partial charge in [-0.05, 0) is 59.0 Å². The van der Waals surface area contributed by atoms with E-state index >= 15 is 0 Å². The molecular formula is C24H27BrN8O3S. The van der Waals surface area contributed by atoms with Crippen molar-refractivity contribution >= 4 is 59.7 Å². The minimum Gasteiger partial charge on any atom is -0.359 e. The molecule has 0 radical (unpaired) electrons. The van der Waals surface area contributed by atoms with Crippen LogP contribution in [0.25, 0.3) is 27.6 Å². The number of rotatable bonds is 7. The van der Waals surface area contributed by atoms with Crippen molar-refractivity contribution in [1.82, 2.24) is 34.8 Å². The highest BCUT2D eigenvalue weighted by Gasteiger charge is 2.41. The van der Waals surface area contributed by atoms with E-state index in [2.05, 4.69) is 46.4 Å². The van der Waals surface area contributed by atoms with E-state index in [9.17, 15) is 13.2 Å². The maximum atomic E-state index is 12.3. The van der Waals surface area contributed by atoms with E-state index in [1.165, 1.54) is 0 Å². The summed E-state index contributed by atoms with van der Waals surface area (Å²) in [4.78, 5) is 26.0. The normalized spacial score (nSPS) is 19.9. The molecule has 0 unspecified atom stereocenters. The monoisotopic (exact) mass is 586 g/mol. The van der Waals surface area contributed by atoms with Gasteiger partial charge in [0.25, 0.3) is 0 Å². The molecule has 11 nitrogen and oxygen atoms in total. The first-order valence-corrected chi connectivity index (χ1v) is 14.5. The number of nitrogens with one attached hydrogen (secondary N) is 3. The van der Waals surface area contributed by atoms with E-state index in [-0.39, 0.29) is 18.5 Å². The van der Waals surface area contributed by atoms with Crippen molar-refractivity contribution in [2.45, 2.75) is 38.8 Å². The lowest BCUT2D eigenvalue weighted by molar-refractivity contribution is -0.129. The van der Waals surface area contributed by atoms with Crippen LogP contribution in [0.5, 0.6) is 0 Å². The van der Waals surface area contributed by atoms with Gasteiger partial charge in [0.2, 0.25) is 21.9 Å². The van der Waals surface area contributed by atoms with Gasteiger partial charge in [-0.25, -0.2) is 22.8 Å². The molecule has 1 saturated carbocycles. The molecule has 2 atom stereocenters. The smallest absolute Gasteiger partial charge is 0.225 e. The number of hydrogen-bond acceptors (Lipinski definition) is 8. The predicted molar refractivity (Wildman–Crippen MR) is 145 cm³/mol. The molecule has 4 aromatic rings. The van der Waals surface area contributed by atoms with Gasteiger partial charge in [0.05, 0.1) is 22.8 Å². The van der Waals surface area contributed by atoms with Crippen LogP contribution in [-0.4, -0.2) is 58.4 Å². The minimum absolute atomic E-state index is 0.0436. The molecule has 0 aliphatic heterocycles. The Hall–Kier alpha value is -3.16. The average Bonchev–Trinajstić information content (AvgIpc) is 3.41. The first-order valence-electron chi connectivity index (χ1n) is 11.8. The molecule has 3 heterocycles. The number of benzene rings is 1. The first kappa shape index (κ1) is 25.5. The SMILES string of the molecule is CNC(=O)[C@]1(C)CC[C@@H](Nc2ncc3c(Br)nn(-c4cc(CNS(C)(=O)=O)c5ncccc5c4)c3n2)C1. The zero-order chi connectivity index (χ0) is 26.4. The van der Waals surface area contributed by atoms with Crippen molar-refractivity contribution in [2.24, 2.45) is 5.41 Å². The lowest BCUT2D eigenvalue weighted by Crippen LogP contribution is -2.35. The predicted octanol–water partition coefficient (Wildman–Crippen LogP) is 2.89. The molecule has 37 heavy (non-hydrogen) atoms. The summed E-state index contributed by atoms with van der Waals surface area (Å²) in [6.45, 7) is 2.07. The van der Waals surface area contributed by atoms with Crippen LogP contribution in [0, 0.1) is 5.41 Å². The molecule has 3 N–H and O–H groups in total. The summed E-state index contributed by atoms with van der Waals surface area (Å²) in [6.07, 6.45) is 6.81. The van der Waals surface area contributed by atoms with Gasteiger partial charge < -0.3 is 10.6 Å². The second-order valence-electron chi connectivity index (χ2n) is 9.63. The lowest BCUT2D eigenvalue weighted by atomic mass is 9.87. The minimum atomic E-state index is -3.39. The van der Waals surface area contributed by atoms with Crippen LogP contribution < -0.4 is 15.4 Å². The third-order valence-electron chi connectivity index (χ3n) is 6.77. The van der Waals surface area contributed by atoms with E-state index in [1.807, 2.05) is 31.2 Å². The number of fused-ring (bicyclic) bond motifs is 2. The van der Waals surface area contributed by atoms with Gasteiger partial charge >= 0.3 is 0 Å². The van der Waals surface area contributed by atoms with Gasteiger partial charge in [-0.15, -0.1) is 0 Å². The van der Waals surface area contributed by atoms with Crippen LogP contribution in [0.1, 0.15) is 31.7 Å². The fourth-order valence-electron chi connectivity index (χ4n) is 4.89. The summed E-state index contributed by atoms with van der Waals surface area (Å²) in [5, 5.41) is 12.4. The maximum absolute atomic E-state index is 12.3. The molecule has 1 aliphatic carbocycles. The highest BCUT2D eigenvalue weighted by Crippen LogP contribution is 2.39. The number of anilines is 1. The van der Waals surface area contributed by atoms with Crippen molar-refractivity contribution in [1.29, 1.82) is 0 Å². The molecule has 0 bridgehead atoms. The van der Waals surface area contributed by atoms with E-state index in [1.54, 1.807) is 24.1 Å². The van der Waals surface area contributed by atoms with Crippen LogP contribution in [0.4, 0.5) is 5.95 Å². The highest BCUT2D eigenvalue weighted by atomic mass is 79.9. The van der Waals surface area contributed by atoms with Crippen molar-refractivity contribution in [3.63, 3.8) is 0 Å². The quantitative estimate of drug-likeness (QED) is 0.300. The van der Waals surface area contributed by atoms with Crippen molar-refractivity contribution < 1.29 is 13.2 Å². The molecule has 1 fully saturated rings. The second-order valence-corrected chi connectivity index (χ2v) is 12.2. The number of aromatic nitrogens is 5. The van der Waals surface area contributed by atoms with Crippen LogP contribution >= 0.6 is 15.9 Å². The zero-order valence-corrected chi connectivity index (χ0v) is 23.0. The van der Waals surface area contributed by atoms with E-state index < -0.39 is 15.4 Å². The van der Waals surface area contributed by atoms with Gasteiger partial charge in [-0.3, -0.25) is 9.78 Å². The molecule has 1 amide bonds. The lowest BCUT2D eigenvalue weighted by Gasteiger charge is -2.22. The Morgan fingerprint density at radius 2 is 2.11 bits per heavy atom. The summed E-state index contributed by atoms with van der Waals surface area (Å²) >= 11 is 3.51. The summed E-state index contributed by atoms with van der Waals surface area (Å²) in [7, 11) is -1.73. The summed E-state index contributed by atoms with van der Waals surface area (Å²) < 4.78 is 28.3. The third kappa shape index (κ3) is 5.15. The molecule has 1 aromatic carbocycles. The summed E-state index contributed by atoms with van der Waals surface area (Å²) in [5.74, 6) is 0.496. The highest BCUT2D eigenvalue weighted by molar-refractivity contribution is 9.10. The fourth-order valence-corrected chi connectivity index (χ4v) is 5.75. The number of pyridine rings is 1. The van der Waals surface area contributed by atoms with Crippen molar-refractivity contribution in [3.05, 3.63) is 46.8 Å². The number of hydrogen-bond donors (Lipinski definition) is 3. The number of nitrogens with zero attached hydrogens (tertiary/aromatic N) is 5. The summed E-state index contributed by atoms with van der Waals surface area (Å²) in [6, 6.07) is 7.61. The van der Waals surface area contributed by atoms with E-state index in [4.69, 9.17) is 4.98 Å². The molecule has 0 saturated heterocycles. The Balaban J connectivity index is 1.52. The van der Waals surface area contributed by atoms with Gasteiger partial charge in [-0.2, -0.15) is 10.1 Å². The molecule has 5 rings (SSSR count). The number of halogens is 1. The Morgan fingerprint density at radius 3 is 2.86 bits per heavy atom. The molecule has 0 spiro atoms. The summed E-state index contributed by atoms with van der Waals surface area (Å²) in [5.41, 5.74) is 2.29. The molecule has 3 aromatic heterocycles. The van der Waals surface area contributed by atoms with Gasteiger partial charge in [-0.1, -0.05) is 13.0 Å². The van der Waals surface area contributed by atoms with Crippen molar-refractivity contribution in [2.75, 3.05) is 18.6 Å². The second kappa shape index (κ2) is 9.62. The van der Waals surface area contributed by atoms with E-state index in [0.717, 1.165) is 29.9 Å². The largest absolute Gasteiger partial charge is 0.359 e. The third-order valence-corrected chi connectivity index (χ3v) is 8.02. The Labute approximate surface area is 222 Å². The Morgan fingerprint density at radius 1 is 1.30 bits per heavy atom. The van der Waals surface area contributed by atoms with Crippen LogP contribution in [0.3, 0.4) is 0 Å². The number of carbonyl (C=O) groups is 1. The van der Waals surface area contributed by atoms with Crippen LogP contribution in [-0.2, 0) is 21.4 Å². The van der Waals surface area contributed by atoms with Gasteiger partial charge in [0, 0.05) is 42.8 Å². The Bertz CT molecular complexity index is 1620. The number of amides is 1. The first-order chi connectivity index (χ1) is 17.6.